The number of hydrogen-bond acceptors (Lipinski definition) is 2. The SMILES string of the molecule is C=CC[Si](CC=C)(CC=C)CCC[Si](CCC[Si](CC=C)(CC=C)CC=C)(CCC[Si](CC=C)(CC=C)CC=C)CCC[Si](CCCN1C(=O)c2ccccc2C1=O)(CCC[Si](CCC[Si](CC=C)(CC=C)CC=C)(CCC[Si](CC=C)(CC=C)CC=C)CCC[Si](CC=C)(CC=C)CC=C)CCC[Si](CCC[Si](CC=C)(CC=C)CC=C)(CCC[Si](CC=C)(CC=C)CC=C)CCC[Si](CC=C)(CC=C)CC=C. The van der Waals surface area contributed by atoms with Gasteiger partial charge in [-0.25, -0.2) is 0 Å². The Morgan fingerprint density at radius 2 is 0.236 bits per heavy atom. The van der Waals surface area contributed by atoms with Crippen LogP contribution in [0.25, 0.3) is 0 Å². The van der Waals surface area contributed by atoms with E-state index in [4.69, 9.17) is 0 Å². The molecule has 1 aliphatic heterocycles. The molecule has 0 spiro atoms. The van der Waals surface area contributed by atoms with Gasteiger partial charge in [0.2, 0.25) is 0 Å². The third kappa shape index (κ3) is 46.1. The molecular formula is C128H217NO2Si13. The van der Waals surface area contributed by atoms with Gasteiger partial charge in [0, 0.05) is 6.54 Å². The lowest BCUT2D eigenvalue weighted by atomic mass is 10.1. The molecule has 1 aromatic rings. The predicted octanol–water partition coefficient (Wildman–Crippen LogP) is 43.2. The van der Waals surface area contributed by atoms with E-state index in [0.717, 1.165) is 176 Å². The fraction of sp³-hybridized carbons (Fsp3) is 0.516. The van der Waals surface area contributed by atoms with Crippen LogP contribution in [-0.4, -0.2) is 128 Å². The van der Waals surface area contributed by atoms with Crippen molar-refractivity contribution in [3.63, 3.8) is 0 Å². The van der Waals surface area contributed by atoms with Crippen molar-refractivity contribution in [2.75, 3.05) is 6.54 Å². The fourth-order valence-electron chi connectivity index (χ4n) is 28.4. The molecule has 0 N–H and O–H groups in total. The monoisotopic (exact) mass is 2160 g/mol. The molecule has 2 rings (SSSR count). The second-order valence-corrected chi connectivity index (χ2v) is 109. The number of amides is 2. The summed E-state index contributed by atoms with van der Waals surface area (Å²) in [5, 5.41) is 0. The Balaban J connectivity index is 3.92. The molecule has 0 unspecified atom stereocenters. The normalized spacial score (nSPS) is 13.0. The summed E-state index contributed by atoms with van der Waals surface area (Å²) in [5.74, 6) is -0.246. The number of nitrogens with zero attached hydrogens (tertiary/aromatic N) is 1. The lowest BCUT2D eigenvalue weighted by molar-refractivity contribution is 0.0654. The first-order valence-electron chi connectivity index (χ1n) is 56.9. The van der Waals surface area contributed by atoms with Crippen molar-refractivity contribution in [1.29, 1.82) is 0 Å². The predicted molar refractivity (Wildman–Crippen MR) is 702 cm³/mol. The lowest BCUT2D eigenvalue weighted by Crippen LogP contribution is -2.42. The van der Waals surface area contributed by atoms with Crippen LogP contribution in [0.3, 0.4) is 0 Å². The van der Waals surface area contributed by atoms with E-state index in [2.05, 4.69) is 342 Å². The Bertz CT molecular complexity index is 3240. The molecule has 1 heterocycles. The highest BCUT2D eigenvalue weighted by Crippen LogP contribution is 2.50. The molecule has 2 amide bonds. The molecule has 0 saturated heterocycles. The van der Waals surface area contributed by atoms with Crippen LogP contribution in [0.15, 0.2) is 366 Å². The molecule has 16 heteroatoms. The topological polar surface area (TPSA) is 37.4 Å². The van der Waals surface area contributed by atoms with Crippen molar-refractivity contribution >= 4 is 117 Å². The Morgan fingerprint density at radius 3 is 0.333 bits per heavy atom. The highest BCUT2D eigenvalue weighted by atomic mass is 28.4. The van der Waals surface area contributed by atoms with Crippen molar-refractivity contribution < 1.29 is 9.59 Å². The molecule has 0 fully saturated rings. The van der Waals surface area contributed by atoms with Crippen molar-refractivity contribution in [3.05, 3.63) is 377 Å². The minimum atomic E-state index is -2.55. The second-order valence-electron chi connectivity index (χ2n) is 46.5. The number of hydrogen-bond donors (Lipinski definition) is 0. The van der Waals surface area contributed by atoms with Crippen molar-refractivity contribution in [3.8, 4) is 0 Å². The van der Waals surface area contributed by atoms with Gasteiger partial charge in [0.15, 0.2) is 0 Å². The maximum atomic E-state index is 15.1. The smallest absolute Gasteiger partial charge is 0.261 e. The van der Waals surface area contributed by atoms with Crippen LogP contribution in [0.1, 0.15) is 104 Å². The number of allylic oxidation sites excluding steroid dienone is 27. The summed E-state index contributed by atoms with van der Waals surface area (Å²) in [6, 6.07) is 69.4. The summed E-state index contributed by atoms with van der Waals surface area (Å²) in [4.78, 5) is 32.0. The van der Waals surface area contributed by atoms with E-state index in [-0.39, 0.29) is 11.8 Å². The van der Waals surface area contributed by atoms with E-state index in [1.54, 1.807) is 4.90 Å². The zero-order chi connectivity index (χ0) is 107. The Labute approximate surface area is 904 Å². The van der Waals surface area contributed by atoms with Crippen molar-refractivity contribution in [2.24, 2.45) is 0 Å². The van der Waals surface area contributed by atoms with E-state index >= 15 is 9.59 Å². The highest BCUT2D eigenvalue weighted by molar-refractivity contribution is 6.88. The summed E-state index contributed by atoms with van der Waals surface area (Å²) in [6.07, 6.45) is 76.5. The Morgan fingerprint density at radius 1 is 0.146 bits per heavy atom. The molecule has 798 valence electrons. The molecule has 0 saturated carbocycles. The Hall–Kier alpha value is -5.84. The quantitative estimate of drug-likeness (QED) is 0.0370. The summed E-state index contributed by atoms with van der Waals surface area (Å²) < 4.78 is 0. The van der Waals surface area contributed by atoms with Crippen LogP contribution in [0.2, 0.25) is 314 Å². The number of carbonyl (C=O) groups excluding carboxylic acids is 2. The summed E-state index contributed by atoms with van der Waals surface area (Å²) in [7, 11) is -26.6. The molecule has 144 heavy (non-hydrogen) atoms. The standard InChI is InChI=1S/C128H217NO2Si13/c1-28-73-132(74-29-2,75-30-3)101-58-113-142(114-59-102-133(76-31-4,77-32-5)78-33-6,115-60-103-134(79-34-7,80-35-8)81-36-9)122-67-110-141(100-57-72-129-127(130)125-70-55-56-71-126(125)128(129)131,111-68-123-143(116-61-104-135(82-37-10,83-38-11)84-39-12,117-62-105-136(85-40-13,86-41-14)87-42-15)118-63-106-137(88-43-16,89-44-17)90-45-18)112-69-124-144(119-64-107-138(91-46-19,92-47-20)93-48-21,120-65-108-139(94-49-22,95-50-23)96-51-24)121-66-109-140(97-52-25,98-53-26)99-54-27/h28-56,70-71H,1-27,57-69,72-124H2. The number of imide groups is 1. The molecule has 0 aliphatic carbocycles. The van der Waals surface area contributed by atoms with Gasteiger partial charge in [-0.3, -0.25) is 14.5 Å². The number of rotatable bonds is 106. The van der Waals surface area contributed by atoms with E-state index in [0.29, 0.717) is 17.7 Å². The van der Waals surface area contributed by atoms with Gasteiger partial charge in [0.05, 0.1) is 116 Å². The van der Waals surface area contributed by atoms with Crippen molar-refractivity contribution in [1.82, 2.24) is 4.90 Å². The van der Waals surface area contributed by atoms with E-state index in [9.17, 15) is 0 Å². The number of benzene rings is 1. The van der Waals surface area contributed by atoms with Gasteiger partial charge in [0.1, 0.15) is 0 Å². The Kier molecular flexibility index (Phi) is 69.9. The molecule has 1 aromatic carbocycles. The maximum Gasteiger partial charge on any atom is 0.261 e. The zero-order valence-corrected chi connectivity index (χ0v) is 106. The zero-order valence-electron chi connectivity index (χ0n) is 93.4. The maximum absolute atomic E-state index is 15.1. The first-order chi connectivity index (χ1) is 69.5. The molecule has 0 atom stereocenters. The van der Waals surface area contributed by atoms with Crippen LogP contribution in [-0.2, 0) is 0 Å². The fourth-order valence-corrected chi connectivity index (χ4v) is 88.3. The van der Waals surface area contributed by atoms with Gasteiger partial charge >= 0.3 is 0 Å². The lowest BCUT2D eigenvalue weighted by Gasteiger charge is -2.41. The van der Waals surface area contributed by atoms with E-state index < -0.39 is 105 Å². The van der Waals surface area contributed by atoms with Crippen LogP contribution < -0.4 is 0 Å². The van der Waals surface area contributed by atoms with Crippen LogP contribution in [0, 0.1) is 0 Å². The van der Waals surface area contributed by atoms with Gasteiger partial charge < -0.3 is 0 Å². The second kappa shape index (κ2) is 75.0. The molecule has 3 nitrogen and oxygen atoms in total. The molecule has 0 aromatic heterocycles. The minimum absolute atomic E-state index is 0.123. The molecular weight excluding hydrogens is 1950 g/mol. The first kappa shape index (κ1) is 134. The van der Waals surface area contributed by atoms with Gasteiger partial charge in [-0.1, -0.05) is 404 Å². The largest absolute Gasteiger partial charge is 0.274 e. The third-order valence-corrected chi connectivity index (χ3v) is 102. The third-order valence-electron chi connectivity index (χ3n) is 35.5. The average Bonchev–Trinajstić information content (AvgIpc) is 1.63. The molecule has 1 aliphatic rings. The number of fused-ring (bicyclic) bond motifs is 1. The van der Waals surface area contributed by atoms with Crippen LogP contribution in [0.5, 0.6) is 0 Å². The molecule has 0 bridgehead atoms. The highest BCUT2D eigenvalue weighted by Gasteiger charge is 2.46. The summed E-state index contributed by atoms with van der Waals surface area (Å²) >= 11 is 0. The molecule has 0 radical (unpaired) electrons. The summed E-state index contributed by atoms with van der Waals surface area (Å²) in [5.41, 5.74) is 1.10. The number of carbonyl (C=O) groups is 2. The van der Waals surface area contributed by atoms with Crippen LogP contribution in [0.4, 0.5) is 0 Å². The first-order valence-corrected chi connectivity index (χ1v) is 93.7. The van der Waals surface area contributed by atoms with Gasteiger partial charge in [-0.2, -0.15) is 0 Å². The van der Waals surface area contributed by atoms with E-state index in [1.165, 1.54) is 222 Å². The van der Waals surface area contributed by atoms with Gasteiger partial charge in [-0.15, -0.1) is 178 Å². The minimum Gasteiger partial charge on any atom is -0.274 e. The average molecular weight is 2170 g/mol. The van der Waals surface area contributed by atoms with Crippen molar-refractivity contribution in [2.45, 2.75) is 398 Å². The van der Waals surface area contributed by atoms with Gasteiger partial charge in [0.25, 0.3) is 11.8 Å². The van der Waals surface area contributed by atoms with E-state index in [1.807, 2.05) is 24.3 Å². The van der Waals surface area contributed by atoms with Crippen LogP contribution >= 0.6 is 0 Å². The summed E-state index contributed by atoms with van der Waals surface area (Å²) in [6.45, 7) is 122. The van der Waals surface area contributed by atoms with Gasteiger partial charge in [-0.05, 0) is 182 Å².